The molecule has 1 unspecified atom stereocenters. The maximum absolute atomic E-state index is 11.6. The molecular weight excluding hydrogens is 232 g/mol. The summed E-state index contributed by atoms with van der Waals surface area (Å²) in [6.07, 6.45) is 1.85. The Morgan fingerprint density at radius 2 is 2.11 bits per heavy atom. The number of rotatable bonds is 2. The van der Waals surface area contributed by atoms with Crippen molar-refractivity contribution in [3.63, 3.8) is 0 Å². The van der Waals surface area contributed by atoms with Gasteiger partial charge in [0.2, 0.25) is 12.1 Å². The number of nitrogens with zero attached hydrogens (tertiary/aromatic N) is 2. The first-order valence-corrected chi connectivity index (χ1v) is 6.05. The summed E-state index contributed by atoms with van der Waals surface area (Å²) in [6.45, 7) is 0.752. The van der Waals surface area contributed by atoms with E-state index in [0.29, 0.717) is 12.8 Å². The summed E-state index contributed by atoms with van der Waals surface area (Å²) in [4.78, 5) is 18.7. The van der Waals surface area contributed by atoms with Gasteiger partial charge >= 0.3 is 0 Å². The lowest BCUT2D eigenvalue weighted by Gasteiger charge is -2.20. The molecule has 0 spiro atoms. The zero-order valence-corrected chi connectivity index (χ0v) is 9.87. The molecule has 3 rings (SSSR count). The molecule has 1 fully saturated rings. The third-order valence-corrected chi connectivity index (χ3v) is 3.31. The van der Waals surface area contributed by atoms with Gasteiger partial charge in [-0.2, -0.15) is 0 Å². The maximum atomic E-state index is 11.6. The van der Waals surface area contributed by atoms with E-state index in [1.54, 1.807) is 29.2 Å². The molecule has 0 aromatic heterocycles. The summed E-state index contributed by atoms with van der Waals surface area (Å²) in [5.74, 6) is 0.367. The molecule has 2 aliphatic rings. The van der Waals surface area contributed by atoms with E-state index in [0.717, 1.165) is 24.2 Å². The van der Waals surface area contributed by atoms with Crippen molar-refractivity contribution < 1.29 is 14.7 Å². The zero-order chi connectivity index (χ0) is 12.5. The second-order valence-electron chi connectivity index (χ2n) is 4.54. The maximum Gasteiger partial charge on any atom is 0.225 e. The van der Waals surface area contributed by atoms with Gasteiger partial charge in [-0.05, 0) is 36.2 Å². The van der Waals surface area contributed by atoms with Crippen molar-refractivity contribution in [3.05, 3.63) is 29.8 Å². The molecule has 0 radical (unpaired) electrons. The zero-order valence-electron chi connectivity index (χ0n) is 9.87. The smallest absolute Gasteiger partial charge is 0.225 e. The van der Waals surface area contributed by atoms with Crippen LogP contribution in [0.4, 0.5) is 0 Å². The Bertz CT molecular complexity index is 495. The third kappa shape index (κ3) is 1.92. The molecule has 1 atom stereocenters. The van der Waals surface area contributed by atoms with Crippen molar-refractivity contribution in [2.24, 2.45) is 5.16 Å². The van der Waals surface area contributed by atoms with Gasteiger partial charge in [0.25, 0.3) is 0 Å². The molecule has 1 saturated heterocycles. The van der Waals surface area contributed by atoms with Crippen LogP contribution in [0.2, 0.25) is 0 Å². The molecule has 1 amide bonds. The van der Waals surface area contributed by atoms with E-state index in [1.807, 2.05) is 0 Å². The van der Waals surface area contributed by atoms with Gasteiger partial charge in [-0.3, -0.25) is 4.79 Å². The van der Waals surface area contributed by atoms with E-state index in [1.165, 1.54) is 0 Å². The number of benzene rings is 1. The molecule has 5 heteroatoms. The molecule has 18 heavy (non-hydrogen) atoms. The first kappa shape index (κ1) is 11.1. The SMILES string of the molecule is O=C1CCCN1C1CC(c2ccc(O)cc2)=NO1. The Morgan fingerprint density at radius 1 is 1.33 bits per heavy atom. The Balaban J connectivity index is 1.71. The van der Waals surface area contributed by atoms with Gasteiger partial charge in [-0.15, -0.1) is 0 Å². The van der Waals surface area contributed by atoms with Crippen LogP contribution in [-0.2, 0) is 9.63 Å². The number of phenols is 1. The van der Waals surface area contributed by atoms with E-state index in [4.69, 9.17) is 4.84 Å². The highest BCUT2D eigenvalue weighted by Crippen LogP contribution is 2.24. The molecule has 1 N–H and O–H groups in total. The van der Waals surface area contributed by atoms with Crippen LogP contribution in [0.3, 0.4) is 0 Å². The molecule has 2 heterocycles. The van der Waals surface area contributed by atoms with Crippen LogP contribution in [0.25, 0.3) is 0 Å². The molecule has 5 nitrogen and oxygen atoms in total. The molecule has 0 aliphatic carbocycles. The minimum Gasteiger partial charge on any atom is -0.508 e. The third-order valence-electron chi connectivity index (χ3n) is 3.31. The van der Waals surface area contributed by atoms with Crippen molar-refractivity contribution in [1.29, 1.82) is 0 Å². The minimum absolute atomic E-state index is 0.141. The van der Waals surface area contributed by atoms with Gasteiger partial charge in [0.05, 0.1) is 12.1 Å². The van der Waals surface area contributed by atoms with Gasteiger partial charge in [0.15, 0.2) is 0 Å². The average molecular weight is 246 g/mol. The first-order valence-electron chi connectivity index (χ1n) is 6.05. The number of hydrogen-bond acceptors (Lipinski definition) is 4. The molecular formula is C13H14N2O3. The summed E-state index contributed by atoms with van der Waals surface area (Å²) in [5.41, 5.74) is 1.74. The van der Waals surface area contributed by atoms with E-state index in [9.17, 15) is 9.90 Å². The lowest BCUT2D eigenvalue weighted by molar-refractivity contribution is -0.138. The van der Waals surface area contributed by atoms with Crippen molar-refractivity contribution in [2.45, 2.75) is 25.5 Å². The van der Waals surface area contributed by atoms with Crippen LogP contribution in [0.5, 0.6) is 5.75 Å². The number of amides is 1. The number of hydrogen-bond donors (Lipinski definition) is 1. The van der Waals surface area contributed by atoms with Gasteiger partial charge < -0.3 is 14.8 Å². The first-order chi connectivity index (χ1) is 8.74. The normalized spacial score (nSPS) is 23.1. The largest absolute Gasteiger partial charge is 0.508 e. The summed E-state index contributed by atoms with van der Waals surface area (Å²) < 4.78 is 0. The predicted octanol–water partition coefficient (Wildman–Crippen LogP) is 1.47. The highest BCUT2D eigenvalue weighted by molar-refractivity contribution is 6.01. The van der Waals surface area contributed by atoms with E-state index >= 15 is 0 Å². The monoisotopic (exact) mass is 246 g/mol. The molecule has 0 saturated carbocycles. The van der Waals surface area contributed by atoms with Crippen LogP contribution >= 0.6 is 0 Å². The summed E-state index contributed by atoms with van der Waals surface area (Å²) in [5, 5.41) is 13.3. The van der Waals surface area contributed by atoms with Crippen molar-refractivity contribution in [3.8, 4) is 5.75 Å². The van der Waals surface area contributed by atoms with Gasteiger partial charge in [-0.25, -0.2) is 0 Å². The minimum atomic E-state index is -0.260. The molecule has 2 aliphatic heterocycles. The second kappa shape index (κ2) is 4.33. The fraction of sp³-hybridized carbons (Fsp3) is 0.385. The van der Waals surface area contributed by atoms with Crippen LogP contribution in [0.1, 0.15) is 24.8 Å². The topological polar surface area (TPSA) is 62.1 Å². The number of likely N-dealkylation sites (tertiary alicyclic amines) is 1. The molecule has 94 valence electrons. The van der Waals surface area contributed by atoms with Gasteiger partial charge in [0.1, 0.15) is 5.75 Å². The van der Waals surface area contributed by atoms with E-state index in [-0.39, 0.29) is 17.9 Å². The Kier molecular flexibility index (Phi) is 2.66. The van der Waals surface area contributed by atoms with Gasteiger partial charge in [0, 0.05) is 13.0 Å². The van der Waals surface area contributed by atoms with Crippen LogP contribution < -0.4 is 0 Å². The van der Waals surface area contributed by atoms with Crippen LogP contribution in [0, 0.1) is 0 Å². The van der Waals surface area contributed by atoms with Crippen molar-refractivity contribution >= 4 is 11.6 Å². The van der Waals surface area contributed by atoms with E-state index < -0.39 is 0 Å². The number of carbonyl (C=O) groups is 1. The highest BCUT2D eigenvalue weighted by atomic mass is 16.7. The van der Waals surface area contributed by atoms with Gasteiger partial charge in [-0.1, -0.05) is 5.16 Å². The summed E-state index contributed by atoms with van der Waals surface area (Å²) in [6, 6.07) is 6.83. The molecule has 0 bridgehead atoms. The molecule has 1 aromatic carbocycles. The number of aromatic hydroxyl groups is 1. The van der Waals surface area contributed by atoms with Crippen molar-refractivity contribution in [2.75, 3.05) is 6.54 Å². The Morgan fingerprint density at radius 3 is 2.78 bits per heavy atom. The number of phenolic OH excluding ortho intramolecular Hbond substituents is 1. The molecule has 1 aromatic rings. The lowest BCUT2D eigenvalue weighted by atomic mass is 10.1. The highest BCUT2D eigenvalue weighted by Gasteiger charge is 2.33. The van der Waals surface area contributed by atoms with Crippen LogP contribution in [-0.4, -0.2) is 34.4 Å². The Hall–Kier alpha value is -2.04. The number of carbonyl (C=O) groups excluding carboxylic acids is 1. The second-order valence-corrected chi connectivity index (χ2v) is 4.54. The average Bonchev–Trinajstić information content (AvgIpc) is 2.98. The lowest BCUT2D eigenvalue weighted by Crippen LogP contribution is -2.36. The quantitative estimate of drug-likeness (QED) is 0.859. The standard InChI is InChI=1S/C13H14N2O3/c16-10-5-3-9(4-6-10)11-8-13(18-14-11)15-7-1-2-12(15)17/h3-6,13,16H,1-2,7-8H2. The van der Waals surface area contributed by atoms with E-state index in [2.05, 4.69) is 5.16 Å². The number of oxime groups is 1. The Labute approximate surface area is 105 Å². The van der Waals surface area contributed by atoms with Crippen molar-refractivity contribution in [1.82, 2.24) is 4.90 Å². The van der Waals surface area contributed by atoms with Crippen LogP contribution in [0.15, 0.2) is 29.4 Å². The summed E-state index contributed by atoms with van der Waals surface area (Å²) >= 11 is 0. The summed E-state index contributed by atoms with van der Waals surface area (Å²) in [7, 11) is 0. The fourth-order valence-corrected chi connectivity index (χ4v) is 2.33. The fourth-order valence-electron chi connectivity index (χ4n) is 2.33. The predicted molar refractivity (Wildman–Crippen MR) is 65.1 cm³/mol.